The summed E-state index contributed by atoms with van der Waals surface area (Å²) in [6, 6.07) is 5.46. The van der Waals surface area contributed by atoms with Gasteiger partial charge in [-0.05, 0) is 5.56 Å². The van der Waals surface area contributed by atoms with Crippen molar-refractivity contribution in [2.75, 3.05) is 19.0 Å². The Bertz CT molecular complexity index is 802. The van der Waals surface area contributed by atoms with Crippen LogP contribution in [0.15, 0.2) is 30.3 Å². The van der Waals surface area contributed by atoms with Crippen LogP contribution in [0.3, 0.4) is 0 Å². The molecule has 1 fully saturated rings. The molecule has 1 aliphatic rings. The predicted octanol–water partition coefficient (Wildman–Crippen LogP) is -3.60. The van der Waals surface area contributed by atoms with Gasteiger partial charge in [0.1, 0.15) is 36.4 Å². The number of hydrogen-bond acceptors (Lipinski definition) is 10. The van der Waals surface area contributed by atoms with E-state index >= 15 is 0 Å². The molecule has 12 nitrogen and oxygen atoms in total. The third-order valence-corrected chi connectivity index (χ3v) is 5.36. The van der Waals surface area contributed by atoms with E-state index in [0.29, 0.717) is 0 Å². The Balaban J connectivity index is 2.00. The number of thiol groups is 1. The number of amides is 3. The molecule has 1 aromatic carbocycles. The highest BCUT2D eigenvalue weighted by molar-refractivity contribution is 7.81. The minimum atomic E-state index is -1.53. The van der Waals surface area contributed by atoms with Gasteiger partial charge in [-0.15, -0.1) is 0 Å². The predicted molar refractivity (Wildman–Crippen MR) is 119 cm³/mol. The molecule has 0 aliphatic carbocycles. The highest BCUT2D eigenvalue weighted by Gasteiger charge is 2.45. The Labute approximate surface area is 196 Å². The van der Waals surface area contributed by atoms with Gasteiger partial charge >= 0.3 is 0 Å². The van der Waals surface area contributed by atoms with Gasteiger partial charge in [-0.1, -0.05) is 30.3 Å². The molecule has 0 spiro atoms. The van der Waals surface area contributed by atoms with Gasteiger partial charge in [0.05, 0.1) is 19.0 Å². The molecule has 7 atom stereocenters. The fourth-order valence-corrected chi connectivity index (χ4v) is 3.33. The van der Waals surface area contributed by atoms with Crippen molar-refractivity contribution >= 4 is 30.4 Å². The van der Waals surface area contributed by atoms with E-state index in [4.69, 9.17) is 20.9 Å². The second kappa shape index (κ2) is 12.8. The molecule has 1 saturated heterocycles. The normalized spacial score (nSPS) is 26.8. The van der Waals surface area contributed by atoms with E-state index in [0.717, 1.165) is 5.56 Å². The first-order valence-electron chi connectivity index (χ1n) is 10.2. The summed E-state index contributed by atoms with van der Waals surface area (Å²) < 4.78 is 10.9. The van der Waals surface area contributed by atoms with Gasteiger partial charge in [0, 0.05) is 6.42 Å². The van der Waals surface area contributed by atoms with Crippen LogP contribution in [0.4, 0.5) is 0 Å². The number of nitrogens with two attached hydrogens (primary N) is 2. The zero-order valence-corrected chi connectivity index (χ0v) is 18.6. The lowest BCUT2D eigenvalue weighted by atomic mass is 9.97. The molecule has 33 heavy (non-hydrogen) atoms. The summed E-state index contributed by atoms with van der Waals surface area (Å²) in [7, 11) is 0. The van der Waals surface area contributed by atoms with Gasteiger partial charge in [0.25, 0.3) is 0 Å². The molecule has 0 aromatic heterocycles. The van der Waals surface area contributed by atoms with Gasteiger partial charge in [-0.25, -0.2) is 0 Å². The molecule has 3 amide bonds. The van der Waals surface area contributed by atoms with Crippen LogP contribution in [-0.2, 0) is 30.3 Å². The van der Waals surface area contributed by atoms with E-state index < -0.39 is 73.7 Å². The van der Waals surface area contributed by atoms with Crippen LogP contribution in [0.1, 0.15) is 5.56 Å². The SMILES string of the molecule is NC(=O)[C@H](Cc1ccccc1)NC(=O)[C@@H](N)COC1OC(CO)[C@H](O)[C@H](O)[C@H]1NC(=O)CS. The second-order valence-corrected chi connectivity index (χ2v) is 7.87. The summed E-state index contributed by atoms with van der Waals surface area (Å²) >= 11 is 3.84. The van der Waals surface area contributed by atoms with E-state index in [1.54, 1.807) is 24.3 Å². The Morgan fingerprint density at radius 3 is 2.42 bits per heavy atom. The maximum Gasteiger partial charge on any atom is 0.240 e. The number of aliphatic hydroxyl groups excluding tert-OH is 3. The lowest BCUT2D eigenvalue weighted by Crippen LogP contribution is -2.65. The Morgan fingerprint density at radius 1 is 1.18 bits per heavy atom. The third kappa shape index (κ3) is 7.64. The summed E-state index contributed by atoms with van der Waals surface area (Å²) in [6.45, 7) is -1.06. The molecule has 13 heteroatoms. The van der Waals surface area contributed by atoms with Crippen molar-refractivity contribution in [1.29, 1.82) is 0 Å². The maximum atomic E-state index is 12.5. The highest BCUT2D eigenvalue weighted by atomic mass is 32.1. The fraction of sp³-hybridized carbons (Fsp3) is 0.550. The molecular weight excluding hydrogens is 456 g/mol. The van der Waals surface area contributed by atoms with Crippen LogP contribution in [-0.4, -0.2) is 94.7 Å². The van der Waals surface area contributed by atoms with Crippen LogP contribution >= 0.6 is 12.6 Å². The molecule has 1 aliphatic heterocycles. The summed E-state index contributed by atoms with van der Waals surface area (Å²) in [5.41, 5.74) is 12.1. The molecule has 184 valence electrons. The number of hydrogen-bond donors (Lipinski definition) is 8. The Morgan fingerprint density at radius 2 is 1.85 bits per heavy atom. The van der Waals surface area contributed by atoms with E-state index in [1.165, 1.54) is 0 Å². The van der Waals surface area contributed by atoms with E-state index in [-0.39, 0.29) is 12.2 Å². The highest BCUT2D eigenvalue weighted by Crippen LogP contribution is 2.22. The Kier molecular flexibility index (Phi) is 10.5. The molecule has 1 heterocycles. The molecule has 2 unspecified atom stereocenters. The molecule has 0 saturated carbocycles. The minimum Gasteiger partial charge on any atom is -0.394 e. The maximum absolute atomic E-state index is 12.5. The van der Waals surface area contributed by atoms with E-state index in [9.17, 15) is 29.7 Å². The van der Waals surface area contributed by atoms with Crippen LogP contribution < -0.4 is 22.1 Å². The van der Waals surface area contributed by atoms with Crippen LogP contribution in [0.25, 0.3) is 0 Å². The smallest absolute Gasteiger partial charge is 0.240 e. The van der Waals surface area contributed by atoms with Crippen molar-refractivity contribution in [2.24, 2.45) is 11.5 Å². The first-order chi connectivity index (χ1) is 15.7. The van der Waals surface area contributed by atoms with Crippen molar-refractivity contribution in [3.8, 4) is 0 Å². The van der Waals surface area contributed by atoms with Gasteiger partial charge in [-0.2, -0.15) is 12.6 Å². The molecule has 2 rings (SSSR count). The Hall–Kier alpha value is -2.26. The lowest BCUT2D eigenvalue weighted by Gasteiger charge is -2.42. The molecule has 1 aromatic rings. The van der Waals surface area contributed by atoms with Crippen LogP contribution in [0.2, 0.25) is 0 Å². The second-order valence-electron chi connectivity index (χ2n) is 7.55. The molecular formula is C20H30N4O8S. The molecule has 0 bridgehead atoms. The topological polar surface area (TPSA) is 206 Å². The standard InChI is InChI=1S/C20H30N4O8S/c21-11(19(30)23-12(18(22)29)6-10-4-2-1-3-5-10)8-31-20-15(24-14(26)9-33)17(28)16(27)13(7-25)32-20/h1-5,11-13,15-17,20,25,27-28,33H,6-9,21H2,(H2,22,29)(H,23,30)(H,24,26)/t11-,12-,13?,15+,16-,17+,20?/m0/s1. The minimum absolute atomic E-state index is 0.168. The largest absolute Gasteiger partial charge is 0.394 e. The van der Waals surface area contributed by atoms with Gasteiger partial charge in [0.15, 0.2) is 6.29 Å². The average Bonchev–Trinajstić information content (AvgIpc) is 2.81. The quantitative estimate of drug-likeness (QED) is 0.145. The zero-order chi connectivity index (χ0) is 24.5. The molecule has 0 radical (unpaired) electrons. The zero-order valence-electron chi connectivity index (χ0n) is 17.7. The number of rotatable bonds is 11. The summed E-state index contributed by atoms with van der Waals surface area (Å²) in [6.07, 6.45) is -5.38. The number of nitrogens with one attached hydrogen (secondary N) is 2. The number of aliphatic hydroxyl groups is 3. The average molecular weight is 487 g/mol. The number of ether oxygens (including phenoxy) is 2. The van der Waals surface area contributed by atoms with Crippen LogP contribution in [0, 0.1) is 0 Å². The van der Waals surface area contributed by atoms with E-state index in [1.807, 2.05) is 6.07 Å². The summed E-state index contributed by atoms with van der Waals surface area (Å²) in [4.78, 5) is 36.0. The molecule has 9 N–H and O–H groups in total. The fourth-order valence-electron chi connectivity index (χ4n) is 3.24. The number of benzene rings is 1. The first-order valence-corrected chi connectivity index (χ1v) is 10.8. The van der Waals surface area contributed by atoms with E-state index in [2.05, 4.69) is 23.3 Å². The van der Waals surface area contributed by atoms with Crippen molar-refractivity contribution < 1.29 is 39.2 Å². The summed E-state index contributed by atoms with van der Waals surface area (Å²) in [5.74, 6) is -2.23. The van der Waals surface area contributed by atoms with Crippen molar-refractivity contribution in [2.45, 2.75) is 49.1 Å². The van der Waals surface area contributed by atoms with Crippen molar-refractivity contribution in [1.82, 2.24) is 10.6 Å². The van der Waals surface area contributed by atoms with Gasteiger partial charge < -0.3 is 46.9 Å². The van der Waals surface area contributed by atoms with Crippen molar-refractivity contribution in [3.05, 3.63) is 35.9 Å². The number of carbonyl (C=O) groups is 3. The third-order valence-electron chi connectivity index (χ3n) is 5.07. The van der Waals surface area contributed by atoms with Crippen molar-refractivity contribution in [3.63, 3.8) is 0 Å². The lowest BCUT2D eigenvalue weighted by molar-refractivity contribution is -0.270. The monoisotopic (exact) mass is 486 g/mol. The number of carbonyl (C=O) groups excluding carboxylic acids is 3. The van der Waals surface area contributed by atoms with Crippen LogP contribution in [0.5, 0.6) is 0 Å². The van der Waals surface area contributed by atoms with Gasteiger partial charge in [0.2, 0.25) is 17.7 Å². The summed E-state index contributed by atoms with van der Waals surface area (Å²) in [5, 5.41) is 34.6. The first kappa shape index (κ1) is 27.0. The van der Waals surface area contributed by atoms with Gasteiger partial charge in [-0.3, -0.25) is 14.4 Å². The number of primary amides is 1.